The van der Waals surface area contributed by atoms with Gasteiger partial charge in [0.15, 0.2) is 0 Å². The Balaban J connectivity index is 1.90. The third-order valence-corrected chi connectivity index (χ3v) is 8.08. The third kappa shape index (κ3) is 4.73. The van der Waals surface area contributed by atoms with Gasteiger partial charge in [-0.3, -0.25) is 0 Å². The summed E-state index contributed by atoms with van der Waals surface area (Å²) in [4.78, 5) is 0.211. The lowest BCUT2D eigenvalue weighted by molar-refractivity contribution is 0.592. The Kier molecular flexibility index (Phi) is 5.89. The fourth-order valence-electron chi connectivity index (χ4n) is 1.42. The highest BCUT2D eigenvalue weighted by Crippen LogP contribution is 2.21. The monoisotopic (exact) mass is 376 g/mol. The molecule has 2 N–H and O–H groups in total. The molecule has 0 fully saturated rings. The predicted octanol–water partition coefficient (Wildman–Crippen LogP) is 2.15. The van der Waals surface area contributed by atoms with Gasteiger partial charge in [0.05, 0.1) is 9.79 Å². The van der Waals surface area contributed by atoms with Crippen molar-refractivity contribution in [2.24, 2.45) is 0 Å². The van der Waals surface area contributed by atoms with E-state index in [4.69, 9.17) is 0 Å². The van der Waals surface area contributed by atoms with Crippen LogP contribution in [0.15, 0.2) is 70.5 Å². The molecule has 2 rings (SSSR count). The SMILES string of the molecule is O=S(=O)(NSSNS(=O)(=O)c1ccccc1)c1ccccc1. The molecular formula is C12H12N2O4S4. The second kappa shape index (κ2) is 7.49. The lowest BCUT2D eigenvalue weighted by Crippen LogP contribution is -2.19. The van der Waals surface area contributed by atoms with Gasteiger partial charge in [-0.2, -0.15) is 0 Å². The van der Waals surface area contributed by atoms with Crippen LogP contribution >= 0.6 is 22.0 Å². The minimum Gasteiger partial charge on any atom is -0.206 e. The van der Waals surface area contributed by atoms with Crippen LogP contribution in [0.25, 0.3) is 0 Å². The van der Waals surface area contributed by atoms with Crippen LogP contribution in [0, 0.1) is 0 Å². The van der Waals surface area contributed by atoms with Crippen LogP contribution in [0.2, 0.25) is 0 Å². The van der Waals surface area contributed by atoms with Gasteiger partial charge in [0.1, 0.15) is 0 Å². The van der Waals surface area contributed by atoms with Gasteiger partial charge in [0.2, 0.25) is 20.0 Å². The summed E-state index contributed by atoms with van der Waals surface area (Å²) in [5, 5.41) is 0. The average molecular weight is 377 g/mol. The lowest BCUT2D eigenvalue weighted by atomic mass is 10.4. The highest BCUT2D eigenvalue weighted by Gasteiger charge is 2.16. The van der Waals surface area contributed by atoms with E-state index in [2.05, 4.69) is 8.25 Å². The number of nitrogens with one attached hydrogen (secondary N) is 2. The van der Waals surface area contributed by atoms with E-state index >= 15 is 0 Å². The molecule has 118 valence electrons. The Hall–Kier alpha value is -1.04. The number of hydrogen-bond donors (Lipinski definition) is 2. The zero-order chi connectivity index (χ0) is 16.1. The summed E-state index contributed by atoms with van der Waals surface area (Å²) in [5.74, 6) is 0. The van der Waals surface area contributed by atoms with Gasteiger partial charge in [-0.05, 0) is 24.3 Å². The van der Waals surface area contributed by atoms with E-state index < -0.39 is 20.0 Å². The molecule has 0 saturated carbocycles. The molecule has 0 aromatic heterocycles. The zero-order valence-corrected chi connectivity index (χ0v) is 14.3. The van der Waals surface area contributed by atoms with E-state index in [1.807, 2.05) is 0 Å². The first-order chi connectivity index (χ1) is 10.4. The Morgan fingerprint density at radius 1 is 0.591 bits per heavy atom. The van der Waals surface area contributed by atoms with Crippen LogP contribution < -0.4 is 8.25 Å². The largest absolute Gasteiger partial charge is 0.250 e. The Morgan fingerprint density at radius 3 is 1.23 bits per heavy atom. The predicted molar refractivity (Wildman–Crippen MR) is 88.7 cm³/mol. The molecule has 22 heavy (non-hydrogen) atoms. The van der Waals surface area contributed by atoms with Crippen molar-refractivity contribution in [1.29, 1.82) is 0 Å². The summed E-state index contributed by atoms with van der Waals surface area (Å²) in [6.07, 6.45) is 0. The molecule has 10 heteroatoms. The van der Waals surface area contributed by atoms with Crippen LogP contribution in [0.1, 0.15) is 0 Å². The lowest BCUT2D eigenvalue weighted by Gasteiger charge is -2.07. The highest BCUT2D eigenvalue weighted by atomic mass is 33.1. The summed E-state index contributed by atoms with van der Waals surface area (Å²) < 4.78 is 52.1. The maximum absolute atomic E-state index is 11.9. The van der Waals surface area contributed by atoms with Crippen LogP contribution in [0.4, 0.5) is 0 Å². The fourth-order valence-corrected chi connectivity index (χ4v) is 6.43. The minimum absolute atomic E-state index is 0.106. The molecule has 0 aliphatic carbocycles. The van der Waals surface area contributed by atoms with E-state index in [-0.39, 0.29) is 9.79 Å². The number of hydrogen-bond acceptors (Lipinski definition) is 6. The molecule has 0 amide bonds. The summed E-state index contributed by atoms with van der Waals surface area (Å²) >= 11 is 0. The molecule has 0 aliphatic rings. The van der Waals surface area contributed by atoms with E-state index in [0.717, 1.165) is 0 Å². The summed E-state index contributed by atoms with van der Waals surface area (Å²) in [5.41, 5.74) is 0. The number of rotatable bonds is 7. The molecule has 0 saturated heterocycles. The normalized spacial score (nSPS) is 12.2. The van der Waals surface area contributed by atoms with Crippen LogP contribution in [-0.2, 0) is 20.0 Å². The first-order valence-corrected chi connectivity index (χ1v) is 11.0. The smallest absolute Gasteiger partial charge is 0.206 e. The molecule has 0 radical (unpaired) electrons. The summed E-state index contributed by atoms with van der Waals surface area (Å²) in [6, 6.07) is 15.6. The molecule has 0 atom stereocenters. The van der Waals surface area contributed by atoms with Gasteiger partial charge >= 0.3 is 0 Å². The Bertz CT molecular complexity index is 737. The minimum atomic E-state index is -3.69. The van der Waals surface area contributed by atoms with E-state index in [0.29, 0.717) is 22.0 Å². The quantitative estimate of drug-likeness (QED) is 0.437. The van der Waals surface area contributed by atoms with Crippen molar-refractivity contribution in [2.75, 3.05) is 0 Å². The van der Waals surface area contributed by atoms with Crippen LogP contribution in [-0.4, -0.2) is 16.8 Å². The maximum atomic E-state index is 11.9. The highest BCUT2D eigenvalue weighted by molar-refractivity contribution is 8.77. The van der Waals surface area contributed by atoms with Gasteiger partial charge in [0.25, 0.3) is 0 Å². The zero-order valence-electron chi connectivity index (χ0n) is 11.0. The molecule has 6 nitrogen and oxygen atoms in total. The van der Waals surface area contributed by atoms with Crippen LogP contribution in [0.5, 0.6) is 0 Å². The van der Waals surface area contributed by atoms with Gasteiger partial charge in [-0.25, -0.2) is 16.8 Å². The third-order valence-electron chi connectivity index (χ3n) is 2.44. The molecule has 0 heterocycles. The van der Waals surface area contributed by atoms with Crippen molar-refractivity contribution in [3.05, 3.63) is 60.7 Å². The van der Waals surface area contributed by atoms with Crippen molar-refractivity contribution in [1.82, 2.24) is 8.25 Å². The molecule has 0 unspecified atom stereocenters. The molecule has 2 aromatic rings. The molecule has 0 aliphatic heterocycles. The topological polar surface area (TPSA) is 92.3 Å². The molecule has 0 bridgehead atoms. The van der Waals surface area contributed by atoms with Crippen molar-refractivity contribution in [2.45, 2.75) is 9.79 Å². The van der Waals surface area contributed by atoms with E-state index in [1.165, 1.54) is 24.3 Å². The van der Waals surface area contributed by atoms with Crippen molar-refractivity contribution in [3.8, 4) is 0 Å². The number of benzene rings is 2. The number of sulfonamides is 2. The fraction of sp³-hybridized carbons (Fsp3) is 0. The second-order valence-corrected chi connectivity index (χ2v) is 9.59. The summed E-state index contributed by atoms with van der Waals surface area (Å²) in [7, 11) is -6.04. The van der Waals surface area contributed by atoms with Crippen LogP contribution in [0.3, 0.4) is 0 Å². The molecule has 0 spiro atoms. The Labute approximate surface area is 137 Å². The standard InChI is InChI=1S/C12H12N2O4S4/c15-21(16,11-7-3-1-4-8-11)13-19-20-14-22(17,18)12-9-5-2-6-10-12/h1-10,13-14H. The van der Waals surface area contributed by atoms with Gasteiger partial charge in [-0.1, -0.05) is 36.4 Å². The van der Waals surface area contributed by atoms with Crippen molar-refractivity contribution in [3.63, 3.8) is 0 Å². The van der Waals surface area contributed by atoms with Crippen molar-refractivity contribution < 1.29 is 16.8 Å². The maximum Gasteiger partial charge on any atom is 0.250 e. The summed E-state index contributed by atoms with van der Waals surface area (Å²) in [6.45, 7) is 0. The van der Waals surface area contributed by atoms with E-state index in [1.54, 1.807) is 36.4 Å². The van der Waals surface area contributed by atoms with Gasteiger partial charge < -0.3 is 0 Å². The average Bonchev–Trinajstić information content (AvgIpc) is 2.53. The van der Waals surface area contributed by atoms with E-state index in [9.17, 15) is 16.8 Å². The first kappa shape index (κ1) is 17.3. The molecule has 2 aromatic carbocycles. The van der Waals surface area contributed by atoms with Gasteiger partial charge in [0, 0.05) is 22.0 Å². The van der Waals surface area contributed by atoms with Gasteiger partial charge in [-0.15, -0.1) is 8.25 Å². The first-order valence-electron chi connectivity index (χ1n) is 5.88. The molecular weight excluding hydrogens is 364 g/mol. The Morgan fingerprint density at radius 2 is 0.909 bits per heavy atom. The second-order valence-electron chi connectivity index (χ2n) is 3.97. The van der Waals surface area contributed by atoms with Crippen molar-refractivity contribution >= 4 is 42.0 Å².